The molecule has 2 unspecified atom stereocenters. The molecule has 0 saturated carbocycles. The van der Waals surface area contributed by atoms with Crippen LogP contribution >= 0.6 is 0 Å². The van der Waals surface area contributed by atoms with Crippen LogP contribution in [0.1, 0.15) is 36.3 Å². The molecule has 2 atom stereocenters. The van der Waals surface area contributed by atoms with Crippen LogP contribution in [-0.2, 0) is 4.74 Å². The summed E-state index contributed by atoms with van der Waals surface area (Å²) in [6.45, 7) is 2.06. The summed E-state index contributed by atoms with van der Waals surface area (Å²) >= 11 is 0. The molecule has 6 heteroatoms. The molecule has 4 N–H and O–H groups in total. The summed E-state index contributed by atoms with van der Waals surface area (Å²) in [7, 11) is 1.67. The molecule has 0 fully saturated rings. The fourth-order valence-electron chi connectivity index (χ4n) is 3.71. The van der Waals surface area contributed by atoms with E-state index in [0.717, 1.165) is 23.1 Å². The summed E-state index contributed by atoms with van der Waals surface area (Å²) in [6, 6.07) is 18.2. The molecule has 28 heavy (non-hydrogen) atoms. The molecule has 2 aromatic carbocycles. The van der Waals surface area contributed by atoms with Gasteiger partial charge < -0.3 is 10.5 Å². The highest BCUT2D eigenvalue weighted by Crippen LogP contribution is 2.46. The normalized spacial score (nSPS) is 17.8. The first-order valence-corrected chi connectivity index (χ1v) is 9.08. The number of nitrogens with two attached hydrogens (primary N) is 2. The molecule has 144 valence electrons. The van der Waals surface area contributed by atoms with E-state index in [1.807, 2.05) is 30.3 Å². The highest BCUT2D eigenvalue weighted by Gasteiger charge is 2.38. The number of nitriles is 1. The minimum atomic E-state index is -0.481. The smallest absolute Gasteiger partial charge is 0.212 e. The third kappa shape index (κ3) is 3.57. The Kier molecular flexibility index (Phi) is 5.67. The highest BCUT2D eigenvalue weighted by atomic mass is 19.1. The number of allylic oxidation sites excluding steroid dienone is 2. The van der Waals surface area contributed by atoms with Gasteiger partial charge in [0.05, 0.1) is 5.92 Å². The maximum atomic E-state index is 13.5. The molecule has 5 nitrogen and oxygen atoms in total. The van der Waals surface area contributed by atoms with Gasteiger partial charge in [-0.15, -0.1) is 0 Å². The minimum Gasteiger partial charge on any atom is -0.423 e. The summed E-state index contributed by atoms with van der Waals surface area (Å²) in [5.41, 5.74) is 9.02. The first-order chi connectivity index (χ1) is 13.5. The van der Waals surface area contributed by atoms with Gasteiger partial charge in [-0.25, -0.2) is 10.2 Å². The number of ether oxygens (including phenoxy) is 1. The minimum absolute atomic E-state index is 0.00999. The molecule has 0 radical (unpaired) electrons. The van der Waals surface area contributed by atoms with E-state index in [9.17, 15) is 9.65 Å². The van der Waals surface area contributed by atoms with Gasteiger partial charge in [-0.3, -0.25) is 5.01 Å². The Labute approximate surface area is 164 Å². The predicted molar refractivity (Wildman–Crippen MR) is 106 cm³/mol. The largest absolute Gasteiger partial charge is 0.423 e. The standard InChI is InChI=1S/C22H23FN4O/c1-3-17(14-7-5-4-6-8-14)20-19(15-9-11-16(23)12-10-15)18(13-24)21(25)28-22(20)27(2)26/h4-12,17,19H,3,25-26H2,1-2H3. The highest BCUT2D eigenvalue weighted by molar-refractivity contribution is 5.51. The van der Waals surface area contributed by atoms with E-state index in [-0.39, 0.29) is 17.6 Å². The van der Waals surface area contributed by atoms with Crippen molar-refractivity contribution in [3.05, 3.63) is 94.5 Å². The molecule has 0 saturated heterocycles. The molecule has 0 spiro atoms. The van der Waals surface area contributed by atoms with Crippen LogP contribution in [0.4, 0.5) is 4.39 Å². The lowest BCUT2D eigenvalue weighted by Gasteiger charge is -2.35. The number of hydrogen-bond acceptors (Lipinski definition) is 5. The molecule has 2 aromatic rings. The van der Waals surface area contributed by atoms with Crippen molar-refractivity contribution >= 4 is 0 Å². The number of rotatable bonds is 5. The summed E-state index contributed by atoms with van der Waals surface area (Å²) < 4.78 is 19.3. The maximum absolute atomic E-state index is 13.5. The van der Waals surface area contributed by atoms with Crippen LogP contribution in [0.25, 0.3) is 0 Å². The first-order valence-electron chi connectivity index (χ1n) is 9.08. The van der Waals surface area contributed by atoms with Crippen LogP contribution in [0, 0.1) is 17.1 Å². The zero-order chi connectivity index (χ0) is 20.3. The molecule has 3 rings (SSSR count). The van der Waals surface area contributed by atoms with E-state index in [1.54, 1.807) is 19.2 Å². The Morgan fingerprint density at radius 2 is 1.82 bits per heavy atom. The van der Waals surface area contributed by atoms with Crippen LogP contribution in [0.2, 0.25) is 0 Å². The third-order valence-electron chi connectivity index (χ3n) is 4.95. The van der Waals surface area contributed by atoms with Crippen molar-refractivity contribution in [3.8, 4) is 6.07 Å². The number of benzene rings is 2. The Morgan fingerprint density at radius 1 is 1.18 bits per heavy atom. The molecule has 0 aromatic heterocycles. The quantitative estimate of drug-likeness (QED) is 0.609. The van der Waals surface area contributed by atoms with Crippen molar-refractivity contribution < 1.29 is 9.13 Å². The fraction of sp³-hybridized carbons (Fsp3) is 0.227. The summed E-state index contributed by atoms with van der Waals surface area (Å²) in [6.07, 6.45) is 0.760. The van der Waals surface area contributed by atoms with E-state index < -0.39 is 5.92 Å². The molecule has 1 aliphatic rings. The van der Waals surface area contributed by atoms with Gasteiger partial charge in [0.2, 0.25) is 11.8 Å². The van der Waals surface area contributed by atoms with Crippen LogP contribution in [0.3, 0.4) is 0 Å². The zero-order valence-corrected chi connectivity index (χ0v) is 15.9. The summed E-state index contributed by atoms with van der Waals surface area (Å²) in [4.78, 5) is 0. The van der Waals surface area contributed by atoms with Crippen LogP contribution in [-0.4, -0.2) is 12.1 Å². The monoisotopic (exact) mass is 378 g/mol. The van der Waals surface area contributed by atoms with Crippen LogP contribution in [0.5, 0.6) is 0 Å². The van der Waals surface area contributed by atoms with E-state index in [0.29, 0.717) is 11.5 Å². The van der Waals surface area contributed by atoms with Crippen molar-refractivity contribution in [2.45, 2.75) is 25.2 Å². The average Bonchev–Trinajstić information content (AvgIpc) is 2.70. The van der Waals surface area contributed by atoms with Gasteiger partial charge in [-0.05, 0) is 29.7 Å². The number of halogens is 1. The van der Waals surface area contributed by atoms with Crippen molar-refractivity contribution in [3.63, 3.8) is 0 Å². The van der Waals surface area contributed by atoms with Crippen molar-refractivity contribution in [2.24, 2.45) is 11.6 Å². The van der Waals surface area contributed by atoms with Gasteiger partial charge in [-0.2, -0.15) is 5.26 Å². The van der Waals surface area contributed by atoms with Gasteiger partial charge in [0.15, 0.2) is 0 Å². The first kappa shape index (κ1) is 19.5. The lowest BCUT2D eigenvalue weighted by atomic mass is 9.75. The number of nitrogens with zero attached hydrogens (tertiary/aromatic N) is 2. The van der Waals surface area contributed by atoms with E-state index in [2.05, 4.69) is 13.0 Å². The molecule has 0 bridgehead atoms. The summed E-state index contributed by atoms with van der Waals surface area (Å²) in [5.74, 6) is 5.60. The van der Waals surface area contributed by atoms with Crippen LogP contribution in [0.15, 0.2) is 77.5 Å². The maximum Gasteiger partial charge on any atom is 0.212 e. The summed E-state index contributed by atoms with van der Waals surface area (Å²) in [5, 5.41) is 11.2. The number of hydrogen-bond donors (Lipinski definition) is 2. The molecule has 1 aliphatic heterocycles. The van der Waals surface area contributed by atoms with Crippen molar-refractivity contribution in [1.82, 2.24) is 5.01 Å². The van der Waals surface area contributed by atoms with Crippen molar-refractivity contribution in [1.29, 1.82) is 5.26 Å². The lowest BCUT2D eigenvalue weighted by Crippen LogP contribution is -2.34. The van der Waals surface area contributed by atoms with Gasteiger partial charge >= 0.3 is 0 Å². The zero-order valence-electron chi connectivity index (χ0n) is 15.9. The van der Waals surface area contributed by atoms with Gasteiger partial charge in [-0.1, -0.05) is 49.4 Å². The second-order valence-corrected chi connectivity index (χ2v) is 6.72. The average molecular weight is 378 g/mol. The van der Waals surface area contributed by atoms with Gasteiger partial charge in [0, 0.05) is 18.5 Å². The van der Waals surface area contributed by atoms with Gasteiger partial charge in [0.1, 0.15) is 17.5 Å². The topological polar surface area (TPSA) is 88.3 Å². The third-order valence-corrected chi connectivity index (χ3v) is 4.95. The Bertz CT molecular complexity index is 943. The van der Waals surface area contributed by atoms with Gasteiger partial charge in [0.25, 0.3) is 0 Å². The van der Waals surface area contributed by atoms with Crippen molar-refractivity contribution in [2.75, 3.05) is 7.05 Å². The molecular weight excluding hydrogens is 355 g/mol. The lowest BCUT2D eigenvalue weighted by molar-refractivity contribution is 0.164. The second kappa shape index (κ2) is 8.15. The SMILES string of the molecule is CCC(C1=C(N(C)N)OC(N)=C(C#N)C1c1ccc(F)cc1)c1ccccc1. The van der Waals surface area contributed by atoms with E-state index in [4.69, 9.17) is 16.3 Å². The Balaban J connectivity index is 2.26. The number of hydrazine groups is 1. The second-order valence-electron chi connectivity index (χ2n) is 6.72. The predicted octanol–water partition coefficient (Wildman–Crippen LogP) is 3.84. The van der Waals surface area contributed by atoms with E-state index in [1.165, 1.54) is 17.1 Å². The molecule has 0 amide bonds. The molecule has 1 heterocycles. The molecule has 0 aliphatic carbocycles. The Hall–Kier alpha value is -3.30. The fourth-order valence-corrected chi connectivity index (χ4v) is 3.71. The van der Waals surface area contributed by atoms with E-state index >= 15 is 0 Å². The Morgan fingerprint density at radius 3 is 2.36 bits per heavy atom. The van der Waals surface area contributed by atoms with Crippen LogP contribution < -0.4 is 11.6 Å². The molecular formula is C22H23FN4O.